The van der Waals surface area contributed by atoms with E-state index in [4.69, 9.17) is 11.6 Å². The van der Waals surface area contributed by atoms with Crippen molar-refractivity contribution < 1.29 is 44.3 Å². The van der Waals surface area contributed by atoms with Crippen LogP contribution in [0.3, 0.4) is 0 Å². The van der Waals surface area contributed by atoms with Crippen LogP contribution in [0.2, 0.25) is 5.02 Å². The van der Waals surface area contributed by atoms with Gasteiger partial charge in [-0.2, -0.15) is 34.8 Å². The lowest BCUT2D eigenvalue weighted by Crippen LogP contribution is -2.52. The quantitative estimate of drug-likeness (QED) is 0.550. The van der Waals surface area contributed by atoms with Crippen molar-refractivity contribution in [1.29, 1.82) is 0 Å². The van der Waals surface area contributed by atoms with E-state index in [9.17, 15) is 44.3 Å². The summed E-state index contributed by atoms with van der Waals surface area (Å²) >= 11 is 5.80. The molecule has 0 radical (unpaired) electrons. The smallest absolute Gasteiger partial charge is 0.344 e. The van der Waals surface area contributed by atoms with E-state index in [2.05, 4.69) is 5.32 Å². The standard InChI is InChI=1S/C19H15ClF6N2O4S/c20-14-3-1-2-12(8-14)10-16(29)27-15(17(30)28-33(31,32)19(24,25)26)9-11-4-6-13(7-5-11)18(21,22)23/h1-8,15H,9-10H2,(H,27,29)(H,28,30). The molecular weight excluding hydrogens is 502 g/mol. The molecule has 0 heterocycles. The highest BCUT2D eigenvalue weighted by Crippen LogP contribution is 2.29. The first-order valence-corrected chi connectivity index (χ1v) is 10.8. The number of hydrogen-bond donors (Lipinski definition) is 2. The molecule has 14 heteroatoms. The summed E-state index contributed by atoms with van der Waals surface area (Å²) in [5, 5.41) is 2.39. The highest BCUT2D eigenvalue weighted by molar-refractivity contribution is 7.90. The summed E-state index contributed by atoms with van der Waals surface area (Å²) in [6.07, 6.45) is -5.59. The fraction of sp³-hybridized carbons (Fsp3) is 0.263. The van der Waals surface area contributed by atoms with Gasteiger partial charge in [-0.3, -0.25) is 9.59 Å². The van der Waals surface area contributed by atoms with Gasteiger partial charge in [0.05, 0.1) is 12.0 Å². The van der Waals surface area contributed by atoms with Crippen LogP contribution >= 0.6 is 11.6 Å². The minimum atomic E-state index is -6.08. The lowest BCUT2D eigenvalue weighted by atomic mass is 10.0. The van der Waals surface area contributed by atoms with E-state index in [0.717, 1.165) is 16.9 Å². The molecule has 2 aromatic rings. The summed E-state index contributed by atoms with van der Waals surface area (Å²) in [7, 11) is -6.08. The second kappa shape index (κ2) is 10.00. The summed E-state index contributed by atoms with van der Waals surface area (Å²) in [4.78, 5) is 24.6. The number of benzene rings is 2. The molecule has 33 heavy (non-hydrogen) atoms. The van der Waals surface area contributed by atoms with Crippen LogP contribution in [0, 0.1) is 0 Å². The molecule has 0 spiro atoms. The maximum atomic E-state index is 12.7. The van der Waals surface area contributed by atoms with Crippen molar-refractivity contribution in [2.75, 3.05) is 0 Å². The first-order chi connectivity index (χ1) is 15.1. The Bertz CT molecular complexity index is 1120. The minimum absolute atomic E-state index is 0.0237. The summed E-state index contributed by atoms with van der Waals surface area (Å²) < 4.78 is 99.4. The van der Waals surface area contributed by atoms with Crippen LogP contribution in [0.5, 0.6) is 0 Å². The molecule has 1 atom stereocenters. The molecule has 0 bridgehead atoms. The lowest BCUT2D eigenvalue weighted by molar-refractivity contribution is -0.137. The molecule has 180 valence electrons. The summed E-state index contributed by atoms with van der Waals surface area (Å²) in [6.45, 7) is 0. The van der Waals surface area contributed by atoms with Crippen LogP contribution in [0.1, 0.15) is 16.7 Å². The lowest BCUT2D eigenvalue weighted by Gasteiger charge is -2.19. The Morgan fingerprint density at radius 1 is 0.939 bits per heavy atom. The van der Waals surface area contributed by atoms with Crippen LogP contribution in [-0.2, 0) is 38.6 Å². The van der Waals surface area contributed by atoms with Crippen molar-refractivity contribution >= 4 is 33.4 Å². The Kier molecular flexibility index (Phi) is 8.01. The van der Waals surface area contributed by atoms with Crippen LogP contribution in [-0.4, -0.2) is 31.8 Å². The van der Waals surface area contributed by atoms with Gasteiger partial charge in [-0.25, -0.2) is 4.72 Å². The van der Waals surface area contributed by atoms with Crippen molar-refractivity contribution in [3.8, 4) is 0 Å². The Morgan fingerprint density at radius 2 is 1.55 bits per heavy atom. The van der Waals surface area contributed by atoms with Crippen LogP contribution in [0.15, 0.2) is 48.5 Å². The van der Waals surface area contributed by atoms with Gasteiger partial charge >= 0.3 is 21.7 Å². The monoisotopic (exact) mass is 516 g/mol. The van der Waals surface area contributed by atoms with Crippen molar-refractivity contribution in [3.63, 3.8) is 0 Å². The Morgan fingerprint density at radius 3 is 2.06 bits per heavy atom. The van der Waals surface area contributed by atoms with Gasteiger partial charge in [-0.15, -0.1) is 0 Å². The molecule has 0 saturated heterocycles. The molecule has 0 aliphatic heterocycles. The summed E-state index contributed by atoms with van der Waals surface area (Å²) in [5.74, 6) is -2.58. The van der Waals surface area contributed by atoms with Gasteiger partial charge < -0.3 is 5.32 Å². The summed E-state index contributed by atoms with van der Waals surface area (Å²) in [6, 6.07) is 7.36. The molecule has 0 aromatic heterocycles. The van der Waals surface area contributed by atoms with E-state index in [0.29, 0.717) is 17.7 Å². The molecule has 0 fully saturated rings. The molecule has 0 aliphatic rings. The minimum Gasteiger partial charge on any atom is -0.344 e. The SMILES string of the molecule is O=C(Cc1cccc(Cl)c1)NC(Cc1ccc(C(F)(F)F)cc1)C(=O)NS(=O)(=O)C(F)(F)F. The zero-order chi connectivity index (χ0) is 25.0. The first kappa shape index (κ1) is 26.5. The molecule has 0 aliphatic carbocycles. The maximum Gasteiger partial charge on any atom is 0.516 e. The van der Waals surface area contributed by atoms with E-state index in [-0.39, 0.29) is 17.0 Å². The van der Waals surface area contributed by atoms with Crippen LogP contribution < -0.4 is 10.0 Å². The molecule has 0 saturated carbocycles. The average Bonchev–Trinajstić information content (AvgIpc) is 2.66. The number of rotatable bonds is 7. The third-order valence-corrected chi connectivity index (χ3v) is 5.48. The number of amides is 2. The number of carbonyl (C=O) groups excluding carboxylic acids is 2. The Balaban J connectivity index is 2.25. The van der Waals surface area contributed by atoms with E-state index < -0.39 is 51.5 Å². The topological polar surface area (TPSA) is 92.3 Å². The molecule has 1 unspecified atom stereocenters. The zero-order valence-electron chi connectivity index (χ0n) is 16.3. The van der Waals surface area contributed by atoms with Gasteiger partial charge in [0.15, 0.2) is 0 Å². The normalized spacial score (nSPS) is 13.3. The average molecular weight is 517 g/mol. The zero-order valence-corrected chi connectivity index (χ0v) is 17.9. The molecule has 2 N–H and O–H groups in total. The largest absolute Gasteiger partial charge is 0.516 e. The Hall–Kier alpha value is -2.80. The fourth-order valence-electron chi connectivity index (χ4n) is 2.61. The van der Waals surface area contributed by atoms with E-state index in [1.807, 2.05) is 0 Å². The Labute approximate surface area is 189 Å². The number of nitrogens with one attached hydrogen (secondary N) is 2. The van der Waals surface area contributed by atoms with Crippen LogP contribution in [0.25, 0.3) is 0 Å². The van der Waals surface area contributed by atoms with Crippen molar-refractivity contribution in [1.82, 2.24) is 10.0 Å². The van der Waals surface area contributed by atoms with Crippen molar-refractivity contribution in [2.24, 2.45) is 0 Å². The molecule has 2 aromatic carbocycles. The van der Waals surface area contributed by atoms with E-state index in [1.165, 1.54) is 24.3 Å². The van der Waals surface area contributed by atoms with Crippen molar-refractivity contribution in [3.05, 3.63) is 70.2 Å². The van der Waals surface area contributed by atoms with E-state index >= 15 is 0 Å². The molecular formula is C19H15ClF6N2O4S. The van der Waals surface area contributed by atoms with Gasteiger partial charge in [0.1, 0.15) is 6.04 Å². The van der Waals surface area contributed by atoms with Gasteiger partial charge in [0, 0.05) is 11.4 Å². The van der Waals surface area contributed by atoms with E-state index in [1.54, 1.807) is 0 Å². The van der Waals surface area contributed by atoms with Gasteiger partial charge in [-0.1, -0.05) is 35.9 Å². The third kappa shape index (κ3) is 7.63. The second-order valence-electron chi connectivity index (χ2n) is 6.74. The third-order valence-electron chi connectivity index (χ3n) is 4.17. The number of alkyl halides is 6. The van der Waals surface area contributed by atoms with Crippen LogP contribution in [0.4, 0.5) is 26.3 Å². The predicted molar refractivity (Wildman–Crippen MR) is 105 cm³/mol. The van der Waals surface area contributed by atoms with Gasteiger partial charge in [-0.05, 0) is 35.4 Å². The summed E-state index contributed by atoms with van der Waals surface area (Å²) in [5.41, 5.74) is -6.41. The maximum absolute atomic E-state index is 12.7. The fourth-order valence-corrected chi connectivity index (χ4v) is 3.35. The van der Waals surface area contributed by atoms with Gasteiger partial charge in [0.25, 0.3) is 5.91 Å². The van der Waals surface area contributed by atoms with Gasteiger partial charge in [0.2, 0.25) is 5.91 Å². The molecule has 2 rings (SSSR count). The number of carbonyl (C=O) groups is 2. The highest BCUT2D eigenvalue weighted by atomic mass is 35.5. The first-order valence-electron chi connectivity index (χ1n) is 8.91. The highest BCUT2D eigenvalue weighted by Gasteiger charge is 2.47. The second-order valence-corrected chi connectivity index (χ2v) is 8.85. The van der Waals surface area contributed by atoms with Crippen molar-refractivity contribution in [2.45, 2.75) is 30.6 Å². The molecule has 6 nitrogen and oxygen atoms in total. The number of hydrogen-bond acceptors (Lipinski definition) is 4. The number of halogens is 7. The number of sulfonamides is 1. The predicted octanol–water partition coefficient (Wildman–Crippen LogP) is 3.59. The molecule has 2 amide bonds.